The van der Waals surface area contributed by atoms with Crippen molar-refractivity contribution in [2.45, 2.75) is 19.3 Å². The number of fused-ring (bicyclic) bond motifs is 1. The highest BCUT2D eigenvalue weighted by Gasteiger charge is 2.12. The van der Waals surface area contributed by atoms with Gasteiger partial charge in [0.2, 0.25) is 0 Å². The molecule has 2 aromatic heterocycles. The highest BCUT2D eigenvalue weighted by molar-refractivity contribution is 5.77. The third-order valence-electron chi connectivity index (χ3n) is 3.92. The lowest BCUT2D eigenvalue weighted by Crippen LogP contribution is -2.32. The molecular formula is C18H20N4O2. The average Bonchev–Trinajstić information content (AvgIpc) is 3.04. The molecule has 0 fully saturated rings. The van der Waals surface area contributed by atoms with E-state index in [0.29, 0.717) is 24.1 Å². The third-order valence-corrected chi connectivity index (χ3v) is 3.92. The van der Waals surface area contributed by atoms with Gasteiger partial charge in [0, 0.05) is 18.7 Å². The Bertz CT molecular complexity index is 801. The Morgan fingerprint density at radius 1 is 1.17 bits per heavy atom. The van der Waals surface area contributed by atoms with Gasteiger partial charge in [-0.15, -0.1) is 5.10 Å². The standard InChI is InChI=1S/C18H20N4O2/c1-2-14(15-8-4-3-5-9-15)12-19-17(23)13-24-18-21-20-16-10-6-7-11-22(16)18/h3-11,14H,2,12-13H2,1H3,(H,19,23)/t14-/m0/s1. The maximum absolute atomic E-state index is 12.0. The molecule has 0 aliphatic rings. The Labute approximate surface area is 140 Å². The van der Waals surface area contributed by atoms with E-state index >= 15 is 0 Å². The number of pyridine rings is 1. The summed E-state index contributed by atoms with van der Waals surface area (Å²) in [5, 5.41) is 10.8. The maximum atomic E-state index is 12.0. The van der Waals surface area contributed by atoms with Crippen LogP contribution in [0.1, 0.15) is 24.8 Å². The van der Waals surface area contributed by atoms with Gasteiger partial charge in [0.15, 0.2) is 12.3 Å². The van der Waals surface area contributed by atoms with Crippen molar-refractivity contribution in [1.29, 1.82) is 0 Å². The molecule has 0 saturated heterocycles. The average molecular weight is 324 g/mol. The van der Waals surface area contributed by atoms with Crippen LogP contribution >= 0.6 is 0 Å². The van der Waals surface area contributed by atoms with Crippen molar-refractivity contribution in [2.24, 2.45) is 0 Å². The van der Waals surface area contributed by atoms with Crippen LogP contribution in [0.15, 0.2) is 54.7 Å². The maximum Gasteiger partial charge on any atom is 0.322 e. The number of amides is 1. The molecule has 24 heavy (non-hydrogen) atoms. The molecule has 3 rings (SSSR count). The van der Waals surface area contributed by atoms with Crippen LogP contribution in [-0.2, 0) is 4.79 Å². The fourth-order valence-electron chi connectivity index (χ4n) is 2.56. The second-order valence-corrected chi connectivity index (χ2v) is 5.52. The lowest BCUT2D eigenvalue weighted by Gasteiger charge is -2.16. The van der Waals surface area contributed by atoms with E-state index in [2.05, 4.69) is 34.6 Å². The zero-order valence-electron chi connectivity index (χ0n) is 13.6. The molecule has 124 valence electrons. The summed E-state index contributed by atoms with van der Waals surface area (Å²) in [6, 6.07) is 16.0. The predicted octanol–water partition coefficient (Wildman–Crippen LogP) is 2.42. The predicted molar refractivity (Wildman–Crippen MR) is 91.0 cm³/mol. The molecule has 0 saturated carbocycles. The van der Waals surface area contributed by atoms with Crippen molar-refractivity contribution in [1.82, 2.24) is 19.9 Å². The number of aromatic nitrogens is 3. The van der Waals surface area contributed by atoms with Crippen LogP contribution in [0.25, 0.3) is 5.65 Å². The van der Waals surface area contributed by atoms with E-state index in [1.54, 1.807) is 10.6 Å². The van der Waals surface area contributed by atoms with Crippen LogP contribution in [0, 0.1) is 0 Å². The van der Waals surface area contributed by atoms with Gasteiger partial charge in [-0.25, -0.2) is 0 Å². The number of nitrogens with one attached hydrogen (secondary N) is 1. The van der Waals surface area contributed by atoms with Crippen molar-refractivity contribution >= 4 is 11.6 Å². The molecular weight excluding hydrogens is 304 g/mol. The molecule has 0 aliphatic heterocycles. The van der Waals surface area contributed by atoms with Crippen molar-refractivity contribution in [3.8, 4) is 6.01 Å². The van der Waals surface area contributed by atoms with E-state index in [1.807, 2.05) is 36.4 Å². The van der Waals surface area contributed by atoms with Crippen molar-refractivity contribution < 1.29 is 9.53 Å². The smallest absolute Gasteiger partial charge is 0.322 e. The highest BCUT2D eigenvalue weighted by Crippen LogP contribution is 2.17. The first-order valence-corrected chi connectivity index (χ1v) is 8.02. The molecule has 0 bridgehead atoms. The summed E-state index contributed by atoms with van der Waals surface area (Å²) < 4.78 is 7.17. The highest BCUT2D eigenvalue weighted by atomic mass is 16.5. The Balaban J connectivity index is 1.52. The molecule has 1 amide bonds. The molecule has 2 heterocycles. The molecule has 0 aliphatic carbocycles. The molecule has 3 aromatic rings. The van der Waals surface area contributed by atoms with Gasteiger partial charge in [0.25, 0.3) is 5.91 Å². The second-order valence-electron chi connectivity index (χ2n) is 5.52. The van der Waals surface area contributed by atoms with E-state index in [0.717, 1.165) is 6.42 Å². The molecule has 6 heteroatoms. The molecule has 1 N–H and O–H groups in total. The lowest BCUT2D eigenvalue weighted by atomic mass is 9.96. The van der Waals surface area contributed by atoms with Crippen LogP contribution in [0.2, 0.25) is 0 Å². The van der Waals surface area contributed by atoms with E-state index in [4.69, 9.17) is 4.74 Å². The van der Waals surface area contributed by atoms with Crippen molar-refractivity contribution in [3.05, 3.63) is 60.3 Å². The molecule has 1 atom stereocenters. The SMILES string of the molecule is CC[C@@H](CNC(=O)COc1nnc2ccccn12)c1ccccc1. The first kappa shape index (κ1) is 16.0. The van der Waals surface area contributed by atoms with E-state index < -0.39 is 0 Å². The summed E-state index contributed by atoms with van der Waals surface area (Å²) in [6.45, 7) is 2.62. The fourth-order valence-corrected chi connectivity index (χ4v) is 2.56. The normalized spacial score (nSPS) is 12.0. The van der Waals surface area contributed by atoms with Gasteiger partial charge in [0.05, 0.1) is 0 Å². The van der Waals surface area contributed by atoms with E-state index in [1.165, 1.54) is 5.56 Å². The fraction of sp³-hybridized carbons (Fsp3) is 0.278. The van der Waals surface area contributed by atoms with Crippen LogP contribution in [0.3, 0.4) is 0 Å². The molecule has 0 unspecified atom stereocenters. The molecule has 0 spiro atoms. The molecule has 6 nitrogen and oxygen atoms in total. The van der Waals surface area contributed by atoms with Gasteiger partial charge < -0.3 is 10.1 Å². The lowest BCUT2D eigenvalue weighted by molar-refractivity contribution is -0.123. The van der Waals surface area contributed by atoms with Gasteiger partial charge in [-0.3, -0.25) is 9.20 Å². The summed E-state index contributed by atoms with van der Waals surface area (Å²) in [7, 11) is 0. The van der Waals surface area contributed by atoms with E-state index in [-0.39, 0.29) is 12.5 Å². The number of hydrogen-bond donors (Lipinski definition) is 1. The summed E-state index contributed by atoms with van der Waals surface area (Å²) in [4.78, 5) is 12.0. The second kappa shape index (κ2) is 7.59. The number of ether oxygens (including phenoxy) is 1. The first-order valence-electron chi connectivity index (χ1n) is 8.02. The zero-order chi connectivity index (χ0) is 16.8. The van der Waals surface area contributed by atoms with Gasteiger partial charge in [-0.2, -0.15) is 0 Å². The Morgan fingerprint density at radius 3 is 2.75 bits per heavy atom. The number of nitrogens with zero attached hydrogens (tertiary/aromatic N) is 3. The first-order chi connectivity index (χ1) is 11.8. The largest absolute Gasteiger partial charge is 0.453 e. The number of carbonyl (C=O) groups is 1. The number of benzene rings is 1. The van der Waals surface area contributed by atoms with Crippen LogP contribution in [-0.4, -0.2) is 33.7 Å². The Hall–Kier alpha value is -2.89. The number of carbonyl (C=O) groups excluding carboxylic acids is 1. The minimum absolute atomic E-state index is 0.0824. The van der Waals surface area contributed by atoms with Crippen LogP contribution in [0.4, 0.5) is 0 Å². The zero-order valence-corrected chi connectivity index (χ0v) is 13.6. The Kier molecular flexibility index (Phi) is 5.05. The molecule has 0 radical (unpaired) electrons. The summed E-state index contributed by atoms with van der Waals surface area (Å²) in [5.41, 5.74) is 1.91. The quantitative estimate of drug-likeness (QED) is 0.725. The Morgan fingerprint density at radius 2 is 1.96 bits per heavy atom. The summed E-state index contributed by atoms with van der Waals surface area (Å²) in [5.74, 6) is 0.126. The topological polar surface area (TPSA) is 68.5 Å². The number of hydrogen-bond acceptors (Lipinski definition) is 4. The third kappa shape index (κ3) is 3.71. The van der Waals surface area contributed by atoms with E-state index in [9.17, 15) is 4.79 Å². The van der Waals surface area contributed by atoms with Crippen molar-refractivity contribution in [2.75, 3.05) is 13.2 Å². The van der Waals surface area contributed by atoms with Gasteiger partial charge in [-0.05, 0) is 24.1 Å². The number of rotatable bonds is 7. The summed E-state index contributed by atoms with van der Waals surface area (Å²) in [6.07, 6.45) is 2.76. The molecule has 1 aromatic carbocycles. The minimum atomic E-state index is -0.169. The minimum Gasteiger partial charge on any atom is -0.453 e. The van der Waals surface area contributed by atoms with Crippen LogP contribution in [0.5, 0.6) is 6.01 Å². The van der Waals surface area contributed by atoms with Crippen molar-refractivity contribution in [3.63, 3.8) is 0 Å². The van der Waals surface area contributed by atoms with Crippen LogP contribution < -0.4 is 10.1 Å². The monoisotopic (exact) mass is 324 g/mol. The summed E-state index contributed by atoms with van der Waals surface area (Å²) >= 11 is 0. The van der Waals surface area contributed by atoms with Gasteiger partial charge >= 0.3 is 6.01 Å². The van der Waals surface area contributed by atoms with Gasteiger partial charge in [0.1, 0.15) is 0 Å². The van der Waals surface area contributed by atoms with Gasteiger partial charge in [-0.1, -0.05) is 48.4 Å².